The Hall–Kier alpha value is -2.37. The second-order valence-corrected chi connectivity index (χ2v) is 4.35. The van der Waals surface area contributed by atoms with Crippen LogP contribution in [-0.4, -0.2) is 30.3 Å². The highest BCUT2D eigenvalue weighted by molar-refractivity contribution is 5.98. The van der Waals surface area contributed by atoms with E-state index in [1.54, 1.807) is 31.2 Å². The van der Waals surface area contributed by atoms with E-state index >= 15 is 0 Å². The Balaban J connectivity index is 2.63. The van der Waals surface area contributed by atoms with Gasteiger partial charge in [0.15, 0.2) is 0 Å². The molecule has 108 valence electrons. The van der Waals surface area contributed by atoms with Crippen molar-refractivity contribution in [3.05, 3.63) is 29.8 Å². The van der Waals surface area contributed by atoms with Crippen molar-refractivity contribution in [2.45, 2.75) is 26.8 Å². The van der Waals surface area contributed by atoms with Crippen LogP contribution in [0.1, 0.15) is 31.1 Å². The molecule has 1 aromatic carbocycles. The second kappa shape index (κ2) is 7.28. The molecule has 0 aromatic heterocycles. The second-order valence-electron chi connectivity index (χ2n) is 4.35. The van der Waals surface area contributed by atoms with Crippen LogP contribution in [0.3, 0.4) is 0 Å². The van der Waals surface area contributed by atoms with E-state index in [1.165, 1.54) is 6.92 Å². The highest BCUT2D eigenvalue weighted by atomic mass is 16.2. The molecule has 0 saturated heterocycles. The van der Waals surface area contributed by atoms with Crippen molar-refractivity contribution in [3.8, 4) is 0 Å². The van der Waals surface area contributed by atoms with Gasteiger partial charge in [0.25, 0.3) is 5.91 Å². The molecule has 0 spiro atoms. The average Bonchev–Trinajstić information content (AvgIpc) is 2.39. The molecular weight excluding hydrogens is 258 g/mol. The molecule has 1 aromatic rings. The van der Waals surface area contributed by atoms with Gasteiger partial charge in [-0.25, -0.2) is 0 Å². The summed E-state index contributed by atoms with van der Waals surface area (Å²) in [7, 11) is 0. The summed E-state index contributed by atoms with van der Waals surface area (Å²) in [6, 6.07) is 5.84. The van der Waals surface area contributed by atoms with Crippen molar-refractivity contribution in [3.63, 3.8) is 0 Å². The van der Waals surface area contributed by atoms with Crippen LogP contribution in [0.2, 0.25) is 0 Å². The zero-order chi connectivity index (χ0) is 15.1. The Labute approximate surface area is 117 Å². The summed E-state index contributed by atoms with van der Waals surface area (Å²) in [5, 5.41) is 7.85. The number of rotatable bonds is 5. The first-order valence-electron chi connectivity index (χ1n) is 6.40. The minimum absolute atomic E-state index is 0.174. The molecule has 0 aliphatic carbocycles. The summed E-state index contributed by atoms with van der Waals surface area (Å²) in [5.74, 6) is -0.735. The van der Waals surface area contributed by atoms with Crippen molar-refractivity contribution in [1.82, 2.24) is 10.6 Å². The van der Waals surface area contributed by atoms with Gasteiger partial charge in [-0.05, 0) is 38.1 Å². The Kier molecular flexibility index (Phi) is 5.71. The van der Waals surface area contributed by atoms with Gasteiger partial charge in [-0.1, -0.05) is 0 Å². The van der Waals surface area contributed by atoms with E-state index < -0.39 is 6.04 Å². The van der Waals surface area contributed by atoms with E-state index in [4.69, 9.17) is 0 Å². The number of amides is 3. The number of anilines is 1. The number of carbonyl (C=O) groups excluding carboxylic acids is 3. The molecular formula is C14H19N3O3. The molecule has 1 rings (SSSR count). The molecule has 6 heteroatoms. The molecule has 1 unspecified atom stereocenters. The summed E-state index contributed by atoms with van der Waals surface area (Å²) < 4.78 is 0. The fourth-order valence-electron chi connectivity index (χ4n) is 1.58. The third kappa shape index (κ3) is 4.72. The van der Waals surface area contributed by atoms with E-state index in [0.29, 0.717) is 17.8 Å². The lowest BCUT2D eigenvalue weighted by molar-refractivity contribution is -0.122. The molecule has 0 radical (unpaired) electrons. The smallest absolute Gasteiger partial charge is 0.251 e. The van der Waals surface area contributed by atoms with Crippen molar-refractivity contribution in [2.75, 3.05) is 11.9 Å². The molecule has 6 nitrogen and oxygen atoms in total. The molecule has 3 amide bonds. The maximum atomic E-state index is 11.9. The van der Waals surface area contributed by atoms with Gasteiger partial charge in [-0.2, -0.15) is 0 Å². The lowest BCUT2D eigenvalue weighted by Gasteiger charge is -2.13. The van der Waals surface area contributed by atoms with Crippen LogP contribution in [0.25, 0.3) is 0 Å². The summed E-state index contributed by atoms with van der Waals surface area (Å²) in [4.78, 5) is 34.3. The molecule has 20 heavy (non-hydrogen) atoms. The third-order valence-electron chi connectivity index (χ3n) is 2.56. The molecule has 0 saturated carbocycles. The van der Waals surface area contributed by atoms with Gasteiger partial charge >= 0.3 is 0 Å². The van der Waals surface area contributed by atoms with E-state index in [2.05, 4.69) is 16.0 Å². The van der Waals surface area contributed by atoms with Gasteiger partial charge in [-0.3, -0.25) is 14.4 Å². The van der Waals surface area contributed by atoms with Crippen LogP contribution >= 0.6 is 0 Å². The van der Waals surface area contributed by atoms with Crippen LogP contribution in [0.5, 0.6) is 0 Å². The van der Waals surface area contributed by atoms with Crippen LogP contribution < -0.4 is 16.0 Å². The quantitative estimate of drug-likeness (QED) is 0.747. The highest BCUT2D eigenvalue weighted by Crippen LogP contribution is 2.09. The van der Waals surface area contributed by atoms with Crippen molar-refractivity contribution in [1.29, 1.82) is 0 Å². The topological polar surface area (TPSA) is 87.3 Å². The van der Waals surface area contributed by atoms with Crippen molar-refractivity contribution < 1.29 is 14.4 Å². The summed E-state index contributed by atoms with van der Waals surface area (Å²) in [6.45, 7) is 5.36. The number of likely N-dealkylation sites (N-methyl/N-ethyl adjacent to an activating group) is 1. The number of nitrogens with one attached hydrogen (secondary N) is 3. The fraction of sp³-hybridized carbons (Fsp3) is 0.357. The standard InChI is InChI=1S/C14H19N3O3/c1-4-15-13(19)9(2)16-14(20)11-5-7-12(8-6-11)17-10(3)18/h5-9H,4H2,1-3H3,(H,15,19)(H,16,20)(H,17,18). The first kappa shape index (κ1) is 15.7. The SMILES string of the molecule is CCNC(=O)C(C)NC(=O)c1ccc(NC(C)=O)cc1. The zero-order valence-corrected chi connectivity index (χ0v) is 11.8. The third-order valence-corrected chi connectivity index (χ3v) is 2.56. The first-order valence-corrected chi connectivity index (χ1v) is 6.40. The van der Waals surface area contributed by atoms with Gasteiger partial charge < -0.3 is 16.0 Å². The lowest BCUT2D eigenvalue weighted by Crippen LogP contribution is -2.44. The van der Waals surface area contributed by atoms with Gasteiger partial charge in [0.2, 0.25) is 11.8 Å². The van der Waals surface area contributed by atoms with E-state index in [9.17, 15) is 14.4 Å². The van der Waals surface area contributed by atoms with Crippen LogP contribution in [0, 0.1) is 0 Å². The summed E-state index contributed by atoms with van der Waals surface area (Å²) in [6.07, 6.45) is 0. The number of carbonyl (C=O) groups is 3. The normalized spacial score (nSPS) is 11.3. The molecule has 0 aliphatic heterocycles. The van der Waals surface area contributed by atoms with Crippen LogP contribution in [0.4, 0.5) is 5.69 Å². The fourth-order valence-corrected chi connectivity index (χ4v) is 1.58. The predicted molar refractivity (Wildman–Crippen MR) is 76.4 cm³/mol. The van der Waals surface area contributed by atoms with E-state index in [0.717, 1.165) is 0 Å². The summed E-state index contributed by atoms with van der Waals surface area (Å²) >= 11 is 0. The molecule has 1 atom stereocenters. The van der Waals surface area contributed by atoms with Crippen molar-refractivity contribution >= 4 is 23.4 Å². The zero-order valence-electron chi connectivity index (χ0n) is 11.8. The lowest BCUT2D eigenvalue weighted by atomic mass is 10.1. The van der Waals surface area contributed by atoms with Crippen LogP contribution in [0.15, 0.2) is 24.3 Å². The monoisotopic (exact) mass is 277 g/mol. The Morgan fingerprint density at radius 2 is 1.75 bits per heavy atom. The number of hydrogen-bond acceptors (Lipinski definition) is 3. The largest absolute Gasteiger partial charge is 0.355 e. The maximum absolute atomic E-state index is 11.9. The first-order chi connectivity index (χ1) is 9.43. The Morgan fingerprint density at radius 1 is 1.15 bits per heavy atom. The number of benzene rings is 1. The van der Waals surface area contributed by atoms with Gasteiger partial charge in [-0.15, -0.1) is 0 Å². The average molecular weight is 277 g/mol. The Bertz CT molecular complexity index is 497. The highest BCUT2D eigenvalue weighted by Gasteiger charge is 2.15. The van der Waals surface area contributed by atoms with Gasteiger partial charge in [0, 0.05) is 24.7 Å². The van der Waals surface area contributed by atoms with E-state index in [1.807, 2.05) is 6.92 Å². The molecule has 0 heterocycles. The summed E-state index contributed by atoms with van der Waals surface area (Å²) in [5.41, 5.74) is 1.04. The number of hydrogen-bond donors (Lipinski definition) is 3. The maximum Gasteiger partial charge on any atom is 0.251 e. The molecule has 0 fully saturated rings. The predicted octanol–water partition coefficient (Wildman–Crippen LogP) is 0.899. The van der Waals surface area contributed by atoms with Crippen LogP contribution in [-0.2, 0) is 9.59 Å². The van der Waals surface area contributed by atoms with Crippen molar-refractivity contribution in [2.24, 2.45) is 0 Å². The van der Waals surface area contributed by atoms with Gasteiger partial charge in [0.1, 0.15) is 6.04 Å². The van der Waals surface area contributed by atoms with E-state index in [-0.39, 0.29) is 17.7 Å². The minimum atomic E-state index is -0.600. The Morgan fingerprint density at radius 3 is 2.25 bits per heavy atom. The molecule has 3 N–H and O–H groups in total. The minimum Gasteiger partial charge on any atom is -0.355 e. The molecule has 0 aliphatic rings. The van der Waals surface area contributed by atoms with Gasteiger partial charge in [0.05, 0.1) is 0 Å². The molecule has 0 bridgehead atoms.